The molecule has 6 aliphatic rings. The van der Waals surface area contributed by atoms with Crippen LogP contribution in [0.5, 0.6) is 11.9 Å². The van der Waals surface area contributed by atoms with Crippen LogP contribution in [0, 0.1) is 34.9 Å². The highest BCUT2D eigenvalue weighted by molar-refractivity contribution is 6.90. The summed E-state index contributed by atoms with van der Waals surface area (Å²) in [7, 11) is -2.28. The van der Waals surface area contributed by atoms with E-state index < -0.39 is 37.9 Å². The first-order valence-electron chi connectivity index (χ1n) is 21.7. The van der Waals surface area contributed by atoms with Gasteiger partial charge in [-0.05, 0) is 85.5 Å². The molecule has 10 nitrogen and oxygen atoms in total. The fraction of sp³-hybridized carbons (Fsp3) is 0.565. The van der Waals surface area contributed by atoms with Crippen molar-refractivity contribution in [3.05, 3.63) is 47.5 Å². The van der Waals surface area contributed by atoms with E-state index in [-0.39, 0.29) is 46.3 Å². The lowest BCUT2D eigenvalue weighted by molar-refractivity contribution is 0.0704. The zero-order chi connectivity index (χ0) is 41.3. The molecular formula is C46H54F2N6O4Si. The maximum atomic E-state index is 17.8. The summed E-state index contributed by atoms with van der Waals surface area (Å²) in [4.78, 5) is 33.7. The smallest absolute Gasteiger partial charge is 0.407 e. The van der Waals surface area contributed by atoms with Gasteiger partial charge in [0.2, 0.25) is 5.88 Å². The SMILES string of the molecule is CC1Oc2nc(-c3cccc4ccc(F)c(C#C[Si](C(C)C)(C(C)C)C(C)C)c34)c(F)c3nc(OCC45CCCN4C[C@H]4C[C@H]45)nc(c23)N2CC3CCC(C12)N3C(=O)O. The maximum absolute atomic E-state index is 17.8. The molecule has 7 heterocycles. The lowest BCUT2D eigenvalue weighted by atomic mass is 9.92. The average Bonchev–Trinajstić information content (AvgIpc) is 3.63. The van der Waals surface area contributed by atoms with Crippen LogP contribution in [0.15, 0.2) is 30.3 Å². The quantitative estimate of drug-likeness (QED) is 0.145. The van der Waals surface area contributed by atoms with E-state index in [0.717, 1.165) is 25.9 Å². The van der Waals surface area contributed by atoms with Gasteiger partial charge in [-0.2, -0.15) is 9.97 Å². The normalized spacial score (nSPS) is 28.1. The van der Waals surface area contributed by atoms with Gasteiger partial charge in [0.05, 0.1) is 29.2 Å². The Balaban J connectivity index is 1.17. The summed E-state index contributed by atoms with van der Waals surface area (Å²) in [6, 6.07) is 7.68. The fourth-order valence-corrected chi connectivity index (χ4v) is 17.9. The van der Waals surface area contributed by atoms with E-state index in [2.05, 4.69) is 62.8 Å². The number of halogens is 2. The number of fused-ring (bicyclic) bond motifs is 9. The van der Waals surface area contributed by atoms with E-state index in [1.54, 1.807) is 17.0 Å². The number of anilines is 1. The van der Waals surface area contributed by atoms with Crippen molar-refractivity contribution in [3.8, 4) is 34.6 Å². The second-order valence-electron chi connectivity index (χ2n) is 19.1. The number of piperazine rings is 1. The van der Waals surface area contributed by atoms with Gasteiger partial charge in [0, 0.05) is 24.0 Å². The van der Waals surface area contributed by atoms with Gasteiger partial charge >= 0.3 is 12.1 Å². The van der Waals surface area contributed by atoms with Crippen LogP contribution in [0.3, 0.4) is 0 Å². The number of rotatable bonds is 7. The molecule has 5 unspecified atom stereocenters. The van der Waals surface area contributed by atoms with Gasteiger partial charge in [-0.15, -0.1) is 5.54 Å². The van der Waals surface area contributed by atoms with Crippen LogP contribution in [0.2, 0.25) is 16.6 Å². The summed E-state index contributed by atoms with van der Waals surface area (Å²) in [5.41, 5.74) is 5.22. The Morgan fingerprint density at radius 2 is 1.81 bits per heavy atom. The number of hydrogen-bond donors (Lipinski definition) is 1. The molecule has 2 aromatic carbocycles. The highest BCUT2D eigenvalue weighted by atomic mass is 28.3. The number of carbonyl (C=O) groups is 1. The zero-order valence-corrected chi connectivity index (χ0v) is 36.1. The summed E-state index contributed by atoms with van der Waals surface area (Å²) in [6.07, 6.45) is 3.26. The lowest BCUT2D eigenvalue weighted by Gasteiger charge is -2.47. The molecule has 7 atom stereocenters. The van der Waals surface area contributed by atoms with Crippen molar-refractivity contribution in [2.45, 2.75) is 127 Å². The summed E-state index contributed by atoms with van der Waals surface area (Å²) < 4.78 is 47.4. The first-order chi connectivity index (χ1) is 28.2. The fourth-order valence-electron chi connectivity index (χ4n) is 12.7. The molecular weight excluding hydrogens is 767 g/mol. The van der Waals surface area contributed by atoms with Crippen molar-refractivity contribution in [3.63, 3.8) is 0 Å². The molecule has 5 aliphatic heterocycles. The van der Waals surface area contributed by atoms with Crippen molar-refractivity contribution in [1.82, 2.24) is 24.8 Å². The second kappa shape index (κ2) is 13.7. The Labute approximate surface area is 345 Å². The lowest BCUT2D eigenvalue weighted by Crippen LogP contribution is -2.64. The zero-order valence-electron chi connectivity index (χ0n) is 35.1. The van der Waals surface area contributed by atoms with Gasteiger partial charge in [-0.1, -0.05) is 71.7 Å². The van der Waals surface area contributed by atoms with Crippen molar-refractivity contribution in [1.29, 1.82) is 0 Å². The number of carboxylic acid groups (broad SMARTS) is 1. The van der Waals surface area contributed by atoms with Crippen LogP contribution < -0.4 is 14.4 Å². The second-order valence-corrected chi connectivity index (χ2v) is 24.7. The Hall–Kier alpha value is -4.54. The molecule has 2 aromatic heterocycles. The Bertz CT molecular complexity index is 2450. The van der Waals surface area contributed by atoms with Crippen LogP contribution in [-0.2, 0) is 0 Å². The van der Waals surface area contributed by atoms with E-state index in [4.69, 9.17) is 24.4 Å². The largest absolute Gasteiger partial charge is 0.472 e. The third kappa shape index (κ3) is 5.64. The van der Waals surface area contributed by atoms with Crippen LogP contribution in [0.4, 0.5) is 19.4 Å². The standard InChI is InChI=1S/C46H54F2N6O4Si/c1-24(2)59(25(3)4,26(5)6)19-16-31-34(47)14-12-28-10-8-11-32(36(28)31)39-38(48)40-37-42(51-44(50-40)57-23-46-17-9-18-52(46)21-29-20-33(29)46)53-22-30-13-15-35(54(30)45(55)56)41(53)27(7)58-43(37)49-39/h8,10-12,14,24-27,29-30,33,35,41H,9,13,15,17-18,20-23H2,1-7H3,(H,55,56)/t27?,29-,30?,33-,35?,41?,46?/m1/s1. The molecule has 0 spiro atoms. The van der Waals surface area contributed by atoms with E-state index in [0.29, 0.717) is 82.0 Å². The van der Waals surface area contributed by atoms with Gasteiger partial charge in [0.1, 0.15) is 49.0 Å². The summed E-state index contributed by atoms with van der Waals surface area (Å²) >= 11 is 0. The number of ether oxygens (including phenoxy) is 2. The van der Waals surface area contributed by atoms with Gasteiger partial charge in [0.25, 0.3) is 0 Å². The topological polar surface area (TPSA) is 104 Å². The predicted octanol–water partition coefficient (Wildman–Crippen LogP) is 9.04. The Kier molecular flexibility index (Phi) is 9.00. The number of nitrogens with zero attached hydrogens (tertiary/aromatic N) is 6. The molecule has 4 saturated heterocycles. The van der Waals surface area contributed by atoms with Crippen molar-refractivity contribution in [2.75, 3.05) is 31.1 Å². The van der Waals surface area contributed by atoms with E-state index >= 15 is 8.78 Å². The van der Waals surface area contributed by atoms with Crippen molar-refractivity contribution in [2.24, 2.45) is 11.8 Å². The predicted molar refractivity (Wildman–Crippen MR) is 227 cm³/mol. The molecule has 1 N–H and O–H groups in total. The molecule has 10 rings (SSSR count). The summed E-state index contributed by atoms with van der Waals surface area (Å²) in [5, 5.41) is 11.8. The molecule has 59 heavy (non-hydrogen) atoms. The monoisotopic (exact) mass is 820 g/mol. The minimum absolute atomic E-state index is 0.00856. The van der Waals surface area contributed by atoms with Gasteiger partial charge in [0.15, 0.2) is 5.82 Å². The molecule has 13 heteroatoms. The maximum Gasteiger partial charge on any atom is 0.407 e. The minimum atomic E-state index is -2.28. The van der Waals surface area contributed by atoms with Crippen LogP contribution in [0.25, 0.3) is 32.9 Å². The van der Waals surface area contributed by atoms with E-state index in [1.165, 1.54) is 12.5 Å². The van der Waals surface area contributed by atoms with Crippen LogP contribution >= 0.6 is 0 Å². The number of hydrogen-bond acceptors (Lipinski definition) is 8. The Morgan fingerprint density at radius 1 is 1.03 bits per heavy atom. The Morgan fingerprint density at radius 3 is 2.56 bits per heavy atom. The minimum Gasteiger partial charge on any atom is -0.472 e. The molecule has 1 amide bonds. The molecule has 4 aromatic rings. The molecule has 1 saturated carbocycles. The van der Waals surface area contributed by atoms with Crippen molar-refractivity contribution >= 4 is 41.7 Å². The number of piperidine rings is 1. The average molecular weight is 821 g/mol. The molecule has 2 bridgehead atoms. The first kappa shape index (κ1) is 38.6. The summed E-state index contributed by atoms with van der Waals surface area (Å²) in [6.45, 7) is 18.2. The van der Waals surface area contributed by atoms with E-state index in [9.17, 15) is 9.90 Å². The highest BCUT2D eigenvalue weighted by Gasteiger charge is 2.64. The number of pyridine rings is 1. The molecule has 310 valence electrons. The van der Waals surface area contributed by atoms with Crippen LogP contribution in [-0.4, -0.2) is 100 Å². The number of aromatic nitrogens is 3. The van der Waals surface area contributed by atoms with Crippen molar-refractivity contribution < 1.29 is 28.2 Å². The number of benzene rings is 2. The highest BCUT2D eigenvalue weighted by Crippen LogP contribution is 2.59. The third-order valence-corrected chi connectivity index (χ3v) is 21.7. The molecule has 1 aliphatic carbocycles. The molecule has 0 radical (unpaired) electrons. The number of amides is 1. The summed E-state index contributed by atoms with van der Waals surface area (Å²) in [5.74, 6) is 4.09. The molecule has 5 fully saturated rings. The van der Waals surface area contributed by atoms with Gasteiger partial charge < -0.3 is 19.5 Å². The van der Waals surface area contributed by atoms with Gasteiger partial charge in [-0.3, -0.25) is 9.80 Å². The van der Waals surface area contributed by atoms with Gasteiger partial charge in [-0.25, -0.2) is 18.6 Å². The third-order valence-electron chi connectivity index (χ3n) is 15.4. The van der Waals surface area contributed by atoms with Crippen LogP contribution in [0.1, 0.15) is 86.1 Å². The first-order valence-corrected chi connectivity index (χ1v) is 24.0. The van der Waals surface area contributed by atoms with E-state index in [1.807, 2.05) is 19.1 Å².